The zero-order valence-corrected chi connectivity index (χ0v) is 14.1. The SMILES string of the molecule is C=C(CO[Si](C)(C)C(C)(C)C)C[S+]1CCCC1. The van der Waals surface area contributed by atoms with Gasteiger partial charge in [0.2, 0.25) is 0 Å². The maximum atomic E-state index is 6.21. The van der Waals surface area contributed by atoms with Gasteiger partial charge < -0.3 is 4.43 Å². The van der Waals surface area contributed by atoms with Gasteiger partial charge in [-0.25, -0.2) is 0 Å². The summed E-state index contributed by atoms with van der Waals surface area (Å²) in [6, 6.07) is 0. The van der Waals surface area contributed by atoms with E-state index >= 15 is 0 Å². The van der Waals surface area contributed by atoms with E-state index in [9.17, 15) is 0 Å². The average molecular weight is 274 g/mol. The first kappa shape index (κ1) is 15.3. The molecule has 1 aliphatic heterocycles. The van der Waals surface area contributed by atoms with Crippen LogP contribution in [0.25, 0.3) is 0 Å². The molecule has 0 saturated carbocycles. The molecular weight excluding hydrogens is 244 g/mol. The van der Waals surface area contributed by atoms with Crippen molar-refractivity contribution in [3.05, 3.63) is 12.2 Å². The lowest BCUT2D eigenvalue weighted by atomic mass is 10.2. The molecule has 0 unspecified atom stereocenters. The molecule has 0 spiro atoms. The van der Waals surface area contributed by atoms with Crippen molar-refractivity contribution in [3.63, 3.8) is 0 Å². The highest BCUT2D eigenvalue weighted by Crippen LogP contribution is 2.36. The minimum atomic E-state index is -1.58. The van der Waals surface area contributed by atoms with Gasteiger partial charge in [0, 0.05) is 0 Å². The van der Waals surface area contributed by atoms with E-state index in [1.165, 1.54) is 35.7 Å². The quantitative estimate of drug-likeness (QED) is 0.418. The minimum absolute atomic E-state index is 0.308. The predicted molar refractivity (Wildman–Crippen MR) is 83.5 cm³/mol. The van der Waals surface area contributed by atoms with Gasteiger partial charge in [-0.2, -0.15) is 0 Å². The summed E-state index contributed by atoms with van der Waals surface area (Å²) in [7, 11) is -0.952. The second kappa shape index (κ2) is 5.94. The summed E-state index contributed by atoms with van der Waals surface area (Å²) in [5, 5.41) is 0.308. The topological polar surface area (TPSA) is 9.23 Å². The Hall–Kier alpha value is 0.267. The summed E-state index contributed by atoms with van der Waals surface area (Å²) < 4.78 is 6.21. The smallest absolute Gasteiger partial charge is 0.192 e. The van der Waals surface area contributed by atoms with Crippen LogP contribution in [0.2, 0.25) is 18.1 Å². The molecule has 0 N–H and O–H groups in total. The average Bonchev–Trinajstić information content (AvgIpc) is 2.66. The van der Waals surface area contributed by atoms with Gasteiger partial charge in [0.15, 0.2) is 8.32 Å². The lowest BCUT2D eigenvalue weighted by molar-refractivity contribution is 0.319. The van der Waals surface area contributed by atoms with Gasteiger partial charge in [-0.15, -0.1) is 0 Å². The maximum absolute atomic E-state index is 6.21. The molecule has 0 atom stereocenters. The van der Waals surface area contributed by atoms with Gasteiger partial charge in [-0.3, -0.25) is 0 Å². The van der Waals surface area contributed by atoms with Crippen molar-refractivity contribution in [1.29, 1.82) is 0 Å². The zero-order valence-electron chi connectivity index (χ0n) is 12.3. The van der Waals surface area contributed by atoms with Crippen LogP contribution in [-0.2, 0) is 15.3 Å². The number of hydrogen-bond acceptors (Lipinski definition) is 1. The van der Waals surface area contributed by atoms with Crippen LogP contribution in [0.1, 0.15) is 33.6 Å². The highest BCUT2D eigenvalue weighted by Gasteiger charge is 2.37. The number of rotatable bonds is 5. The van der Waals surface area contributed by atoms with E-state index in [2.05, 4.69) is 40.4 Å². The van der Waals surface area contributed by atoms with Gasteiger partial charge in [-0.1, -0.05) is 27.4 Å². The summed E-state index contributed by atoms with van der Waals surface area (Å²) in [6.45, 7) is 16.5. The maximum Gasteiger partial charge on any atom is 0.192 e. The first-order valence-electron chi connectivity index (χ1n) is 6.67. The molecule has 1 rings (SSSR count). The summed E-state index contributed by atoms with van der Waals surface area (Å²) in [5.41, 5.74) is 1.32. The first-order valence-corrected chi connectivity index (χ1v) is 11.3. The Kier molecular flexibility index (Phi) is 5.35. The molecule has 0 radical (unpaired) electrons. The van der Waals surface area contributed by atoms with Crippen molar-refractivity contribution < 1.29 is 4.43 Å². The molecule has 1 heterocycles. The van der Waals surface area contributed by atoms with Gasteiger partial charge in [-0.05, 0) is 47.4 Å². The molecule has 17 heavy (non-hydrogen) atoms. The Morgan fingerprint density at radius 1 is 1.24 bits per heavy atom. The molecule has 0 aliphatic carbocycles. The molecular formula is C14H29OSSi+. The molecule has 0 aromatic heterocycles. The van der Waals surface area contributed by atoms with E-state index in [4.69, 9.17) is 4.43 Å². The van der Waals surface area contributed by atoms with E-state index in [0.717, 1.165) is 6.61 Å². The molecule has 1 nitrogen and oxygen atoms in total. The summed E-state index contributed by atoms with van der Waals surface area (Å²) >= 11 is 0. The molecule has 0 aromatic carbocycles. The van der Waals surface area contributed by atoms with Crippen LogP contribution < -0.4 is 0 Å². The van der Waals surface area contributed by atoms with Crippen molar-refractivity contribution in [3.8, 4) is 0 Å². The third-order valence-corrected chi connectivity index (χ3v) is 11.0. The third kappa shape index (κ3) is 4.80. The molecule has 1 fully saturated rings. The largest absolute Gasteiger partial charge is 0.413 e. The zero-order chi connectivity index (χ0) is 13.1. The standard InChI is InChI=1S/C14H29OSSi/c1-13(12-16-9-7-8-10-16)11-15-17(5,6)14(2,3)4/h1,7-12H2,2-6H3/q+1. The fourth-order valence-electron chi connectivity index (χ4n) is 1.69. The van der Waals surface area contributed by atoms with Gasteiger partial charge in [0.1, 0.15) is 17.3 Å². The molecule has 0 bridgehead atoms. The Balaban J connectivity index is 2.32. The minimum Gasteiger partial charge on any atom is -0.413 e. The molecule has 1 saturated heterocycles. The van der Waals surface area contributed by atoms with Crippen LogP contribution in [0.5, 0.6) is 0 Å². The fourth-order valence-corrected chi connectivity index (χ4v) is 5.06. The molecule has 0 aromatic rings. The lowest BCUT2D eigenvalue weighted by Gasteiger charge is -2.36. The van der Waals surface area contributed by atoms with Gasteiger partial charge >= 0.3 is 0 Å². The van der Waals surface area contributed by atoms with Crippen LogP contribution in [0, 0.1) is 0 Å². The van der Waals surface area contributed by atoms with Crippen LogP contribution in [0.15, 0.2) is 12.2 Å². The first-order chi connectivity index (χ1) is 7.72. The number of hydrogen-bond donors (Lipinski definition) is 0. The van der Waals surface area contributed by atoms with Crippen LogP contribution >= 0.6 is 0 Å². The van der Waals surface area contributed by atoms with Gasteiger partial charge in [0.25, 0.3) is 0 Å². The molecule has 0 amide bonds. The highest BCUT2D eigenvalue weighted by atomic mass is 32.2. The third-order valence-electron chi connectivity index (χ3n) is 3.97. The summed E-state index contributed by atoms with van der Waals surface area (Å²) in [5.74, 6) is 4.08. The van der Waals surface area contributed by atoms with E-state index in [1.807, 2.05) is 0 Å². The second-order valence-corrected chi connectivity index (χ2v) is 13.8. The second-order valence-electron chi connectivity index (χ2n) is 6.67. The van der Waals surface area contributed by atoms with Crippen molar-refractivity contribution in [2.45, 2.75) is 51.7 Å². The van der Waals surface area contributed by atoms with E-state index in [1.54, 1.807) is 0 Å². The molecule has 100 valence electrons. The normalized spacial score (nSPS) is 18.6. The summed E-state index contributed by atoms with van der Waals surface area (Å²) in [4.78, 5) is 0. The Morgan fingerprint density at radius 2 is 1.76 bits per heavy atom. The van der Waals surface area contributed by atoms with E-state index in [-0.39, 0.29) is 0 Å². The monoisotopic (exact) mass is 273 g/mol. The van der Waals surface area contributed by atoms with Crippen LogP contribution in [-0.4, -0.2) is 32.2 Å². The molecule has 1 aliphatic rings. The Labute approximate surface area is 111 Å². The van der Waals surface area contributed by atoms with Crippen molar-refractivity contribution in [2.24, 2.45) is 0 Å². The molecule has 3 heteroatoms. The van der Waals surface area contributed by atoms with Crippen LogP contribution in [0.3, 0.4) is 0 Å². The van der Waals surface area contributed by atoms with E-state index < -0.39 is 8.32 Å². The highest BCUT2D eigenvalue weighted by molar-refractivity contribution is 7.97. The van der Waals surface area contributed by atoms with Crippen molar-refractivity contribution in [2.75, 3.05) is 23.9 Å². The Morgan fingerprint density at radius 3 is 2.24 bits per heavy atom. The predicted octanol–water partition coefficient (Wildman–Crippen LogP) is 3.98. The van der Waals surface area contributed by atoms with Crippen LogP contribution in [0.4, 0.5) is 0 Å². The fraction of sp³-hybridized carbons (Fsp3) is 0.857. The summed E-state index contributed by atoms with van der Waals surface area (Å²) in [6.07, 6.45) is 2.86. The van der Waals surface area contributed by atoms with Gasteiger partial charge in [0.05, 0.1) is 6.61 Å². The Bertz CT molecular complexity index is 262. The lowest BCUT2D eigenvalue weighted by Crippen LogP contribution is -2.41. The van der Waals surface area contributed by atoms with E-state index in [0.29, 0.717) is 15.9 Å². The van der Waals surface area contributed by atoms with Crippen molar-refractivity contribution >= 4 is 19.2 Å². The van der Waals surface area contributed by atoms with Crippen molar-refractivity contribution in [1.82, 2.24) is 0 Å².